The molecule has 0 radical (unpaired) electrons. The van der Waals surface area contributed by atoms with Gasteiger partial charge in [0.2, 0.25) is 0 Å². The van der Waals surface area contributed by atoms with Gasteiger partial charge in [-0.15, -0.1) is 11.3 Å². The van der Waals surface area contributed by atoms with Gasteiger partial charge in [0.05, 0.1) is 16.3 Å². The minimum Gasteiger partial charge on any atom is -0.304 e. The molecule has 1 aliphatic rings. The maximum absolute atomic E-state index is 4.71. The number of piperazine rings is 1. The summed E-state index contributed by atoms with van der Waals surface area (Å²) in [4.78, 5) is 7.07. The lowest BCUT2D eigenvalue weighted by atomic mass is 10.3. The third-order valence-electron chi connectivity index (χ3n) is 3.56. The van der Waals surface area contributed by atoms with Crippen LogP contribution < -0.4 is 5.43 Å². The fourth-order valence-electron chi connectivity index (χ4n) is 2.34. The number of para-hydroxylation sites is 1. The van der Waals surface area contributed by atoms with Crippen LogP contribution in [0.1, 0.15) is 18.0 Å². The number of hydrazine groups is 1. The van der Waals surface area contributed by atoms with Gasteiger partial charge in [0.15, 0.2) is 0 Å². The second kappa shape index (κ2) is 5.54. The largest absolute Gasteiger partial charge is 0.304 e. The first-order valence-electron chi connectivity index (χ1n) is 6.77. The monoisotopic (exact) mass is 276 g/mol. The average Bonchev–Trinajstić information content (AvgIpc) is 2.85. The van der Waals surface area contributed by atoms with E-state index in [0.29, 0.717) is 0 Å². The highest BCUT2D eigenvalue weighted by atomic mass is 32.1. The predicted octanol–water partition coefficient (Wildman–Crippen LogP) is 2.11. The topological polar surface area (TPSA) is 31.4 Å². The summed E-state index contributed by atoms with van der Waals surface area (Å²) in [5.74, 6) is 0. The van der Waals surface area contributed by atoms with Gasteiger partial charge < -0.3 is 4.90 Å². The highest BCUT2D eigenvalue weighted by molar-refractivity contribution is 7.18. The van der Waals surface area contributed by atoms with E-state index in [2.05, 4.69) is 47.5 Å². The van der Waals surface area contributed by atoms with Gasteiger partial charge in [0.25, 0.3) is 0 Å². The van der Waals surface area contributed by atoms with Crippen LogP contribution in [0.4, 0.5) is 0 Å². The minimum atomic E-state index is 0.279. The molecule has 102 valence electrons. The van der Waals surface area contributed by atoms with Gasteiger partial charge in [0, 0.05) is 26.2 Å². The summed E-state index contributed by atoms with van der Waals surface area (Å²) in [5.41, 5.74) is 4.68. The van der Waals surface area contributed by atoms with E-state index in [-0.39, 0.29) is 6.04 Å². The first-order chi connectivity index (χ1) is 9.22. The van der Waals surface area contributed by atoms with E-state index in [1.165, 1.54) is 9.71 Å². The number of hydrogen-bond acceptors (Lipinski definition) is 5. The maximum Gasteiger partial charge on any atom is 0.112 e. The maximum atomic E-state index is 4.71. The SMILES string of the molecule is CC(NN1CCN(C)CC1)c1nc2ccccc2s1. The molecule has 3 rings (SSSR count). The average molecular weight is 276 g/mol. The zero-order valence-electron chi connectivity index (χ0n) is 11.5. The van der Waals surface area contributed by atoms with Crippen molar-refractivity contribution in [2.24, 2.45) is 0 Å². The van der Waals surface area contributed by atoms with E-state index in [0.717, 1.165) is 31.7 Å². The van der Waals surface area contributed by atoms with E-state index < -0.39 is 0 Å². The number of hydrogen-bond donors (Lipinski definition) is 1. The van der Waals surface area contributed by atoms with Crippen molar-refractivity contribution in [2.75, 3.05) is 33.2 Å². The Labute approximate surface area is 118 Å². The summed E-state index contributed by atoms with van der Waals surface area (Å²) >= 11 is 1.78. The molecule has 0 spiro atoms. The van der Waals surface area contributed by atoms with E-state index >= 15 is 0 Å². The van der Waals surface area contributed by atoms with Gasteiger partial charge in [-0.25, -0.2) is 15.4 Å². The fourth-order valence-corrected chi connectivity index (χ4v) is 3.30. The van der Waals surface area contributed by atoms with E-state index in [1.807, 2.05) is 6.07 Å². The third-order valence-corrected chi connectivity index (χ3v) is 4.78. The molecule has 2 heterocycles. The lowest BCUT2D eigenvalue weighted by Gasteiger charge is -2.34. The van der Waals surface area contributed by atoms with Crippen LogP contribution in [0.3, 0.4) is 0 Å². The molecule has 1 unspecified atom stereocenters. The fraction of sp³-hybridized carbons (Fsp3) is 0.500. The highest BCUT2D eigenvalue weighted by Gasteiger charge is 2.18. The normalized spacial score (nSPS) is 19.9. The Morgan fingerprint density at radius 1 is 1.21 bits per heavy atom. The molecule has 1 aromatic heterocycles. The molecule has 0 amide bonds. The highest BCUT2D eigenvalue weighted by Crippen LogP contribution is 2.26. The van der Waals surface area contributed by atoms with Gasteiger partial charge in [0.1, 0.15) is 5.01 Å². The van der Waals surface area contributed by atoms with Gasteiger partial charge in [-0.3, -0.25) is 0 Å². The second-order valence-corrected chi connectivity index (χ2v) is 6.22. The van der Waals surface area contributed by atoms with Crippen molar-refractivity contribution in [1.82, 2.24) is 20.3 Å². The van der Waals surface area contributed by atoms with Crippen molar-refractivity contribution in [3.05, 3.63) is 29.3 Å². The number of thiazole rings is 1. The number of fused-ring (bicyclic) bond motifs is 1. The van der Waals surface area contributed by atoms with Crippen LogP contribution in [0.2, 0.25) is 0 Å². The van der Waals surface area contributed by atoms with Crippen molar-refractivity contribution in [3.63, 3.8) is 0 Å². The number of nitrogens with one attached hydrogen (secondary N) is 1. The molecule has 0 saturated carbocycles. The van der Waals surface area contributed by atoms with Crippen molar-refractivity contribution < 1.29 is 0 Å². The quantitative estimate of drug-likeness (QED) is 0.930. The smallest absolute Gasteiger partial charge is 0.112 e. The summed E-state index contributed by atoms with van der Waals surface area (Å²) < 4.78 is 1.27. The number of aromatic nitrogens is 1. The van der Waals surface area contributed by atoms with Crippen molar-refractivity contribution >= 4 is 21.6 Å². The Kier molecular flexibility index (Phi) is 3.79. The van der Waals surface area contributed by atoms with Crippen LogP contribution in [0.15, 0.2) is 24.3 Å². The van der Waals surface area contributed by atoms with Gasteiger partial charge in [-0.2, -0.15) is 0 Å². The van der Waals surface area contributed by atoms with Crippen LogP contribution in [0.25, 0.3) is 10.2 Å². The Balaban J connectivity index is 1.68. The van der Waals surface area contributed by atoms with E-state index in [4.69, 9.17) is 4.98 Å². The molecular weight excluding hydrogens is 256 g/mol. The van der Waals surface area contributed by atoms with Crippen LogP contribution in [0, 0.1) is 0 Å². The van der Waals surface area contributed by atoms with Gasteiger partial charge >= 0.3 is 0 Å². The molecule has 19 heavy (non-hydrogen) atoms. The van der Waals surface area contributed by atoms with E-state index in [1.54, 1.807) is 11.3 Å². The lowest BCUT2D eigenvalue weighted by Crippen LogP contribution is -2.51. The number of benzene rings is 1. The molecule has 0 bridgehead atoms. The van der Waals surface area contributed by atoms with Crippen LogP contribution >= 0.6 is 11.3 Å². The summed E-state index contributed by atoms with van der Waals surface area (Å²) in [6.45, 7) is 6.59. The molecule has 4 nitrogen and oxygen atoms in total. The molecule has 1 aromatic carbocycles. The summed E-state index contributed by atoms with van der Waals surface area (Å²) in [7, 11) is 2.17. The molecule has 1 saturated heterocycles. The molecule has 1 N–H and O–H groups in total. The van der Waals surface area contributed by atoms with Crippen molar-refractivity contribution in [3.8, 4) is 0 Å². The van der Waals surface area contributed by atoms with Crippen molar-refractivity contribution in [2.45, 2.75) is 13.0 Å². The molecule has 1 fully saturated rings. The van der Waals surface area contributed by atoms with E-state index in [9.17, 15) is 0 Å². The van der Waals surface area contributed by atoms with Gasteiger partial charge in [-0.1, -0.05) is 12.1 Å². The number of likely N-dealkylation sites (N-methyl/N-ethyl adjacent to an activating group) is 1. The summed E-state index contributed by atoms with van der Waals surface area (Å²) in [6, 6.07) is 8.62. The summed E-state index contributed by atoms with van der Waals surface area (Å²) in [5, 5.41) is 3.48. The Morgan fingerprint density at radius 3 is 2.68 bits per heavy atom. The number of nitrogens with zero attached hydrogens (tertiary/aromatic N) is 3. The van der Waals surface area contributed by atoms with Gasteiger partial charge in [-0.05, 0) is 26.1 Å². The summed E-state index contributed by atoms with van der Waals surface area (Å²) in [6.07, 6.45) is 0. The molecule has 0 aliphatic carbocycles. The zero-order chi connectivity index (χ0) is 13.2. The molecule has 1 atom stereocenters. The first kappa shape index (κ1) is 13.0. The van der Waals surface area contributed by atoms with Crippen LogP contribution in [-0.2, 0) is 0 Å². The second-order valence-electron chi connectivity index (χ2n) is 5.16. The minimum absolute atomic E-state index is 0.279. The Hall–Kier alpha value is -1.01. The van der Waals surface area contributed by atoms with Crippen LogP contribution in [-0.4, -0.2) is 48.1 Å². The molecule has 1 aliphatic heterocycles. The Bertz CT molecular complexity index is 512. The predicted molar refractivity (Wildman–Crippen MR) is 80.2 cm³/mol. The first-order valence-corrected chi connectivity index (χ1v) is 7.59. The zero-order valence-corrected chi connectivity index (χ0v) is 12.3. The Morgan fingerprint density at radius 2 is 1.95 bits per heavy atom. The van der Waals surface area contributed by atoms with Crippen LogP contribution in [0.5, 0.6) is 0 Å². The lowest BCUT2D eigenvalue weighted by molar-refractivity contribution is 0.0899. The third kappa shape index (κ3) is 2.95. The number of rotatable bonds is 3. The van der Waals surface area contributed by atoms with Crippen molar-refractivity contribution in [1.29, 1.82) is 0 Å². The molecule has 5 heteroatoms. The standard InChI is InChI=1S/C14H20N4S/c1-11(16-18-9-7-17(2)8-10-18)14-15-12-5-3-4-6-13(12)19-14/h3-6,11,16H,7-10H2,1-2H3. The molecular formula is C14H20N4S. The molecule has 2 aromatic rings.